The van der Waals surface area contributed by atoms with Gasteiger partial charge in [-0.1, -0.05) is 48.0 Å². The van der Waals surface area contributed by atoms with Gasteiger partial charge in [-0.2, -0.15) is 9.67 Å². The summed E-state index contributed by atoms with van der Waals surface area (Å²) in [5.74, 6) is 1.80. The molecular formula is C22H20N4O3. The average Bonchev–Trinajstić information content (AvgIpc) is 3.42. The van der Waals surface area contributed by atoms with E-state index >= 15 is 0 Å². The molecule has 2 aromatic carbocycles. The molecule has 0 fully saturated rings. The third-order valence-corrected chi connectivity index (χ3v) is 4.26. The lowest BCUT2D eigenvalue weighted by atomic mass is 10.1. The molecule has 0 aliphatic carbocycles. The fraction of sp³-hybridized carbons (Fsp3) is 0.136. The van der Waals surface area contributed by atoms with Gasteiger partial charge in [-0.05, 0) is 31.2 Å². The molecule has 0 spiro atoms. The van der Waals surface area contributed by atoms with Crippen LogP contribution >= 0.6 is 0 Å². The van der Waals surface area contributed by atoms with Gasteiger partial charge in [0.15, 0.2) is 12.4 Å². The minimum atomic E-state index is -0.332. The minimum absolute atomic E-state index is 0.157. The lowest BCUT2D eigenvalue weighted by molar-refractivity contribution is 0.0824. The number of ether oxygens (including phenoxy) is 1. The summed E-state index contributed by atoms with van der Waals surface area (Å²) in [6.07, 6.45) is 1.60. The van der Waals surface area contributed by atoms with Crippen LogP contribution in [-0.4, -0.2) is 27.3 Å². The van der Waals surface area contributed by atoms with Crippen LogP contribution in [0.5, 0.6) is 5.75 Å². The molecule has 1 N–H and O–H groups in total. The predicted molar refractivity (Wildman–Crippen MR) is 109 cm³/mol. The van der Waals surface area contributed by atoms with Crippen LogP contribution in [0.2, 0.25) is 0 Å². The Labute approximate surface area is 168 Å². The maximum absolute atomic E-state index is 12.8. The molecule has 0 bridgehead atoms. The highest BCUT2D eigenvalue weighted by atomic mass is 16.5. The number of nitrogens with zero attached hydrogens (tertiary/aromatic N) is 3. The highest BCUT2D eigenvalue weighted by molar-refractivity contribution is 5.82. The summed E-state index contributed by atoms with van der Waals surface area (Å²) >= 11 is 0. The number of benzene rings is 2. The molecule has 0 unspecified atom stereocenters. The number of carbonyl (C=O) groups is 1. The van der Waals surface area contributed by atoms with Crippen molar-refractivity contribution in [3.8, 4) is 17.1 Å². The molecule has 4 aromatic rings. The van der Waals surface area contributed by atoms with Gasteiger partial charge in [0.25, 0.3) is 5.91 Å². The fourth-order valence-corrected chi connectivity index (χ4v) is 2.73. The zero-order valence-electron chi connectivity index (χ0n) is 15.9. The van der Waals surface area contributed by atoms with E-state index in [4.69, 9.17) is 9.15 Å². The van der Waals surface area contributed by atoms with Crippen molar-refractivity contribution in [1.82, 2.24) is 14.8 Å². The summed E-state index contributed by atoms with van der Waals surface area (Å²) in [5, 5.41) is 7.52. The summed E-state index contributed by atoms with van der Waals surface area (Å²) in [5.41, 5.74) is 1.96. The van der Waals surface area contributed by atoms with E-state index in [9.17, 15) is 4.79 Å². The van der Waals surface area contributed by atoms with E-state index in [1.165, 1.54) is 4.68 Å². The molecule has 0 amide bonds. The van der Waals surface area contributed by atoms with E-state index in [-0.39, 0.29) is 12.5 Å². The third-order valence-electron chi connectivity index (χ3n) is 4.26. The molecule has 146 valence electrons. The normalized spacial score (nSPS) is 10.7. The van der Waals surface area contributed by atoms with E-state index in [0.717, 1.165) is 16.9 Å². The number of aromatic nitrogens is 3. The molecule has 4 rings (SSSR count). The molecular weight excluding hydrogens is 368 g/mol. The van der Waals surface area contributed by atoms with Crippen LogP contribution in [0.1, 0.15) is 16.1 Å². The summed E-state index contributed by atoms with van der Waals surface area (Å²) in [7, 11) is 0. The monoisotopic (exact) mass is 388 g/mol. The Morgan fingerprint density at radius 2 is 1.86 bits per heavy atom. The molecule has 7 heteroatoms. The van der Waals surface area contributed by atoms with E-state index in [0.29, 0.717) is 24.1 Å². The zero-order chi connectivity index (χ0) is 20.1. The number of hydrogen-bond donors (Lipinski definition) is 1. The second-order valence-electron chi connectivity index (χ2n) is 6.47. The van der Waals surface area contributed by atoms with E-state index in [1.54, 1.807) is 24.5 Å². The quantitative estimate of drug-likeness (QED) is 0.511. The van der Waals surface area contributed by atoms with Crippen molar-refractivity contribution in [2.75, 3.05) is 11.9 Å². The van der Waals surface area contributed by atoms with Crippen LogP contribution in [0.15, 0.2) is 77.4 Å². The van der Waals surface area contributed by atoms with Crippen molar-refractivity contribution in [3.63, 3.8) is 0 Å². The van der Waals surface area contributed by atoms with Gasteiger partial charge in [0.2, 0.25) is 5.95 Å². The number of aryl methyl sites for hydroxylation is 1. The molecule has 0 aliphatic heterocycles. The summed E-state index contributed by atoms with van der Waals surface area (Å²) in [4.78, 5) is 17.3. The van der Waals surface area contributed by atoms with Gasteiger partial charge < -0.3 is 14.5 Å². The molecule has 0 saturated carbocycles. The van der Waals surface area contributed by atoms with Crippen LogP contribution < -0.4 is 10.1 Å². The summed E-state index contributed by atoms with van der Waals surface area (Å²) in [6.45, 7) is 2.23. The number of furan rings is 1. The molecule has 0 aliphatic rings. The van der Waals surface area contributed by atoms with Gasteiger partial charge in [-0.3, -0.25) is 4.79 Å². The number of anilines is 1. The molecule has 2 heterocycles. The maximum Gasteiger partial charge on any atom is 0.287 e. The standard InChI is InChI=1S/C22H20N4O3/c1-16-9-11-17(12-10-16)21-24-22(23-14-19-8-5-13-28-19)26(25-21)20(27)15-29-18-6-3-2-4-7-18/h2-13H,14-15H2,1H3,(H,23,24,25). The van der Waals surface area contributed by atoms with Gasteiger partial charge in [-0.25, -0.2) is 0 Å². The van der Waals surface area contributed by atoms with Gasteiger partial charge in [0, 0.05) is 5.56 Å². The minimum Gasteiger partial charge on any atom is -0.484 e. The summed E-state index contributed by atoms with van der Waals surface area (Å²) in [6, 6.07) is 20.6. The number of rotatable bonds is 7. The first-order valence-corrected chi connectivity index (χ1v) is 9.20. The predicted octanol–water partition coefficient (Wildman–Crippen LogP) is 4.18. The second-order valence-corrected chi connectivity index (χ2v) is 6.47. The second kappa shape index (κ2) is 8.43. The lowest BCUT2D eigenvalue weighted by Crippen LogP contribution is -2.22. The molecule has 29 heavy (non-hydrogen) atoms. The Morgan fingerprint density at radius 3 is 2.59 bits per heavy atom. The van der Waals surface area contributed by atoms with Crippen LogP contribution in [0.4, 0.5) is 5.95 Å². The Hall–Kier alpha value is -3.87. The van der Waals surface area contributed by atoms with Crippen molar-refractivity contribution in [1.29, 1.82) is 0 Å². The first kappa shape index (κ1) is 18.5. The van der Waals surface area contributed by atoms with Gasteiger partial charge in [0.1, 0.15) is 11.5 Å². The lowest BCUT2D eigenvalue weighted by Gasteiger charge is -2.07. The van der Waals surface area contributed by atoms with Crippen molar-refractivity contribution < 1.29 is 13.9 Å². The highest BCUT2D eigenvalue weighted by Crippen LogP contribution is 2.19. The van der Waals surface area contributed by atoms with E-state index in [1.807, 2.05) is 55.5 Å². The number of hydrogen-bond acceptors (Lipinski definition) is 6. The SMILES string of the molecule is Cc1ccc(-c2nc(NCc3ccco3)n(C(=O)COc3ccccc3)n2)cc1. The Bertz CT molecular complexity index is 1070. The van der Waals surface area contributed by atoms with E-state index < -0.39 is 0 Å². The Kier molecular flexibility index (Phi) is 5.38. The number of para-hydroxylation sites is 1. The van der Waals surface area contributed by atoms with Crippen molar-refractivity contribution in [2.24, 2.45) is 0 Å². The highest BCUT2D eigenvalue weighted by Gasteiger charge is 2.18. The van der Waals surface area contributed by atoms with Gasteiger partial charge in [0.05, 0.1) is 12.8 Å². The van der Waals surface area contributed by atoms with Crippen molar-refractivity contribution in [3.05, 3.63) is 84.3 Å². The summed E-state index contributed by atoms with van der Waals surface area (Å²) < 4.78 is 12.1. The van der Waals surface area contributed by atoms with Crippen molar-refractivity contribution >= 4 is 11.9 Å². The largest absolute Gasteiger partial charge is 0.484 e. The molecule has 0 radical (unpaired) electrons. The Morgan fingerprint density at radius 1 is 1.07 bits per heavy atom. The number of carbonyl (C=O) groups excluding carboxylic acids is 1. The maximum atomic E-state index is 12.8. The molecule has 0 atom stereocenters. The zero-order valence-corrected chi connectivity index (χ0v) is 15.9. The fourth-order valence-electron chi connectivity index (χ4n) is 2.73. The van der Waals surface area contributed by atoms with Gasteiger partial charge >= 0.3 is 0 Å². The van der Waals surface area contributed by atoms with Crippen molar-refractivity contribution in [2.45, 2.75) is 13.5 Å². The van der Waals surface area contributed by atoms with Crippen LogP contribution in [0.25, 0.3) is 11.4 Å². The third kappa shape index (κ3) is 4.52. The van der Waals surface area contributed by atoms with Crippen LogP contribution in [0.3, 0.4) is 0 Å². The topological polar surface area (TPSA) is 82.2 Å². The van der Waals surface area contributed by atoms with Gasteiger partial charge in [-0.15, -0.1) is 5.10 Å². The first-order valence-electron chi connectivity index (χ1n) is 9.20. The molecule has 0 saturated heterocycles. The molecule has 7 nitrogen and oxygen atoms in total. The smallest absolute Gasteiger partial charge is 0.287 e. The Balaban J connectivity index is 1.57. The first-order chi connectivity index (χ1) is 14.2. The van der Waals surface area contributed by atoms with E-state index in [2.05, 4.69) is 15.4 Å². The molecule has 2 aromatic heterocycles. The number of nitrogens with one attached hydrogen (secondary N) is 1. The average molecular weight is 388 g/mol. The van der Waals surface area contributed by atoms with Crippen LogP contribution in [0, 0.1) is 6.92 Å². The van der Waals surface area contributed by atoms with Crippen LogP contribution in [-0.2, 0) is 6.54 Å².